The van der Waals surface area contributed by atoms with Gasteiger partial charge in [-0.3, -0.25) is 0 Å². The molecule has 9 heteroatoms. The summed E-state index contributed by atoms with van der Waals surface area (Å²) in [5.74, 6) is 0.246. The normalized spacial score (nSPS) is 33.8. The highest BCUT2D eigenvalue weighted by molar-refractivity contribution is 5.22. The van der Waals surface area contributed by atoms with Crippen LogP contribution in [0.4, 0.5) is 0 Å². The van der Waals surface area contributed by atoms with Crippen molar-refractivity contribution in [1.29, 1.82) is 0 Å². The Morgan fingerprint density at radius 3 is 1.22 bits per heavy atom. The zero-order valence-corrected chi connectivity index (χ0v) is 17.1. The van der Waals surface area contributed by atoms with E-state index in [1.54, 1.807) is 55.4 Å². The molecule has 0 spiro atoms. The summed E-state index contributed by atoms with van der Waals surface area (Å²) in [6.45, 7) is 13.6. The van der Waals surface area contributed by atoms with Gasteiger partial charge in [0.05, 0.1) is 11.1 Å². The van der Waals surface area contributed by atoms with Crippen LogP contribution >= 0.6 is 0 Å². The average Bonchev–Trinajstić information content (AvgIpc) is 3.09. The second kappa shape index (κ2) is 5.74. The van der Waals surface area contributed by atoms with Crippen molar-refractivity contribution in [1.82, 2.24) is 20.3 Å². The third kappa shape index (κ3) is 2.41. The summed E-state index contributed by atoms with van der Waals surface area (Å²) in [5, 5.41) is 54.0. The minimum atomic E-state index is -1.17. The number of hydrogen-bond donors (Lipinski definition) is 0. The number of nitrogens with zero attached hydrogens (tertiary/aromatic N) is 4. The quantitative estimate of drug-likeness (QED) is 0.773. The zero-order valence-electron chi connectivity index (χ0n) is 17.1. The molecule has 3 heterocycles. The van der Waals surface area contributed by atoms with Crippen molar-refractivity contribution in [3.05, 3.63) is 34.1 Å². The van der Waals surface area contributed by atoms with E-state index in [4.69, 9.17) is 4.42 Å². The molecule has 2 saturated heterocycles. The van der Waals surface area contributed by atoms with E-state index in [9.17, 15) is 20.8 Å². The highest BCUT2D eigenvalue weighted by Crippen LogP contribution is 2.51. The molecule has 0 aromatic carbocycles. The van der Waals surface area contributed by atoms with E-state index >= 15 is 0 Å². The van der Waals surface area contributed by atoms with Crippen molar-refractivity contribution in [2.75, 3.05) is 0 Å². The van der Waals surface area contributed by atoms with Crippen LogP contribution in [0.15, 0.2) is 16.5 Å². The Morgan fingerprint density at radius 2 is 1.00 bits per heavy atom. The van der Waals surface area contributed by atoms with Crippen LogP contribution in [0.5, 0.6) is 0 Å². The lowest BCUT2D eigenvalue weighted by atomic mass is 9.84. The van der Waals surface area contributed by atoms with Gasteiger partial charge < -0.3 is 25.0 Å². The molecule has 27 heavy (non-hydrogen) atoms. The SMILES string of the molecule is CC1(C)N([O])C(c2ccc(C3N([O])C(C)(C)C(C)(C)N3[O-])o2)N([O-])C1(C)C. The predicted octanol–water partition coefficient (Wildman–Crippen LogP) is 3.31. The van der Waals surface area contributed by atoms with Crippen molar-refractivity contribution in [3.63, 3.8) is 0 Å². The van der Waals surface area contributed by atoms with Gasteiger partial charge in [-0.05, 0) is 67.5 Å². The van der Waals surface area contributed by atoms with Gasteiger partial charge in [0.2, 0.25) is 0 Å². The topological polar surface area (TPSA) is 112 Å². The largest absolute Gasteiger partial charge is 0.783 e. The van der Waals surface area contributed by atoms with E-state index < -0.39 is 34.5 Å². The van der Waals surface area contributed by atoms with Crippen molar-refractivity contribution in [2.24, 2.45) is 0 Å². The molecule has 0 atom stereocenters. The molecule has 2 fully saturated rings. The van der Waals surface area contributed by atoms with Gasteiger partial charge in [-0.15, -0.1) is 20.5 Å². The van der Waals surface area contributed by atoms with Crippen LogP contribution in [-0.4, -0.2) is 42.4 Å². The fourth-order valence-corrected chi connectivity index (χ4v) is 3.60. The zero-order chi connectivity index (χ0) is 20.7. The number of hydroxylamine groups is 8. The van der Waals surface area contributed by atoms with Gasteiger partial charge in [-0.25, -0.2) is 0 Å². The molecule has 3 rings (SSSR count). The Bertz CT molecular complexity index is 631. The maximum atomic E-state index is 12.8. The molecule has 0 saturated carbocycles. The lowest BCUT2D eigenvalue weighted by Gasteiger charge is -2.44. The summed E-state index contributed by atoms with van der Waals surface area (Å²) in [6.07, 6.45) is -2.35. The summed E-state index contributed by atoms with van der Waals surface area (Å²) >= 11 is 0. The second-order valence-electron chi connectivity index (χ2n) is 9.53. The summed E-state index contributed by atoms with van der Waals surface area (Å²) in [4.78, 5) is 0. The standard InChI is InChI=1S/C18H28N4O5/c1-15(2)16(3,4)20(24)13(19(15)23)11-9-10-12(27-11)14-21(25)17(5,6)18(7,8)22(14)26/h9-10,13-14H,1-8H3/q-2. The summed E-state index contributed by atoms with van der Waals surface area (Å²) < 4.78 is 5.74. The van der Waals surface area contributed by atoms with Crippen molar-refractivity contribution in [2.45, 2.75) is 89.9 Å². The summed E-state index contributed by atoms with van der Waals surface area (Å²) in [6, 6.07) is 2.99. The van der Waals surface area contributed by atoms with Crippen LogP contribution in [0.1, 0.15) is 79.2 Å². The Hall–Kier alpha value is -1.04. The minimum Gasteiger partial charge on any atom is -0.783 e. The second-order valence-corrected chi connectivity index (χ2v) is 9.53. The van der Waals surface area contributed by atoms with Crippen LogP contribution in [0, 0.1) is 10.4 Å². The first kappa shape index (κ1) is 20.7. The molecular formula is C18H28N4O5-2. The van der Waals surface area contributed by atoms with Crippen molar-refractivity contribution in [3.8, 4) is 0 Å². The molecule has 2 aliphatic heterocycles. The maximum absolute atomic E-state index is 12.8. The number of furan rings is 1. The van der Waals surface area contributed by atoms with E-state index in [2.05, 4.69) is 0 Å². The Morgan fingerprint density at radius 1 is 0.704 bits per heavy atom. The lowest BCUT2D eigenvalue weighted by Crippen LogP contribution is -2.51. The lowest BCUT2D eigenvalue weighted by molar-refractivity contribution is -0.239. The number of rotatable bonds is 2. The molecule has 0 N–H and O–H groups in total. The summed E-state index contributed by atoms with van der Waals surface area (Å²) in [7, 11) is 0. The Kier molecular flexibility index (Phi) is 4.40. The van der Waals surface area contributed by atoms with Crippen LogP contribution in [0.25, 0.3) is 0 Å². The van der Waals surface area contributed by atoms with Crippen LogP contribution in [0.2, 0.25) is 0 Å². The third-order valence-corrected chi connectivity index (χ3v) is 7.24. The Labute approximate surface area is 159 Å². The molecule has 152 valence electrons. The van der Waals surface area contributed by atoms with Crippen molar-refractivity contribution >= 4 is 0 Å². The maximum Gasteiger partial charge on any atom is 0.138 e. The van der Waals surface area contributed by atoms with Crippen molar-refractivity contribution < 1.29 is 14.8 Å². The average molecular weight is 380 g/mol. The third-order valence-electron chi connectivity index (χ3n) is 7.24. The van der Waals surface area contributed by atoms with Crippen LogP contribution < -0.4 is 0 Å². The van der Waals surface area contributed by atoms with E-state index in [-0.39, 0.29) is 11.5 Å². The monoisotopic (exact) mass is 380 g/mol. The molecule has 2 aliphatic rings. The minimum absolute atomic E-state index is 0.123. The highest BCUT2D eigenvalue weighted by atomic mass is 16.6. The van der Waals surface area contributed by atoms with Crippen LogP contribution in [0.3, 0.4) is 0 Å². The number of hydrogen-bond acceptors (Lipinski definition) is 7. The molecule has 2 radical (unpaired) electrons. The van der Waals surface area contributed by atoms with Gasteiger partial charge in [0.25, 0.3) is 0 Å². The molecule has 1 aromatic heterocycles. The molecule has 9 nitrogen and oxygen atoms in total. The Balaban J connectivity index is 1.97. The first-order valence-electron chi connectivity index (χ1n) is 9.05. The highest BCUT2D eigenvalue weighted by Gasteiger charge is 2.58. The van der Waals surface area contributed by atoms with Crippen LogP contribution in [-0.2, 0) is 10.4 Å². The van der Waals surface area contributed by atoms with Gasteiger partial charge in [0.15, 0.2) is 0 Å². The molecule has 0 amide bonds. The van der Waals surface area contributed by atoms with Gasteiger partial charge in [-0.2, -0.15) is 0 Å². The fourth-order valence-electron chi connectivity index (χ4n) is 3.60. The van der Waals surface area contributed by atoms with E-state index in [1.807, 2.05) is 0 Å². The fraction of sp³-hybridized carbons (Fsp3) is 0.778. The van der Waals surface area contributed by atoms with Gasteiger partial charge in [0.1, 0.15) is 23.9 Å². The first-order valence-corrected chi connectivity index (χ1v) is 9.05. The molecular weight excluding hydrogens is 352 g/mol. The molecule has 0 bridgehead atoms. The van der Waals surface area contributed by atoms with Gasteiger partial charge >= 0.3 is 0 Å². The smallest absolute Gasteiger partial charge is 0.138 e. The molecule has 0 aliphatic carbocycles. The first-order chi connectivity index (χ1) is 12.1. The van der Waals surface area contributed by atoms with Gasteiger partial charge in [-0.1, -0.05) is 0 Å². The molecule has 0 unspecified atom stereocenters. The van der Waals surface area contributed by atoms with E-state index in [0.29, 0.717) is 0 Å². The molecule has 1 aromatic rings. The predicted molar refractivity (Wildman–Crippen MR) is 96.0 cm³/mol. The van der Waals surface area contributed by atoms with E-state index in [1.165, 1.54) is 12.1 Å². The van der Waals surface area contributed by atoms with Gasteiger partial charge in [0, 0.05) is 11.1 Å². The summed E-state index contributed by atoms with van der Waals surface area (Å²) in [5.41, 5.74) is -3.78. The van der Waals surface area contributed by atoms with E-state index in [0.717, 1.165) is 20.3 Å².